The van der Waals surface area contributed by atoms with Crippen molar-refractivity contribution in [3.05, 3.63) is 107 Å². The highest BCUT2D eigenvalue weighted by Crippen LogP contribution is 2.33. The molecule has 0 unspecified atom stereocenters. The van der Waals surface area contributed by atoms with Crippen LogP contribution >= 0.6 is 23.1 Å². The number of nitrogens with one attached hydrogen (secondary N) is 2. The molecule has 0 aliphatic carbocycles. The summed E-state index contributed by atoms with van der Waals surface area (Å²) in [6.45, 7) is 4.03. The number of amides is 2. The van der Waals surface area contributed by atoms with Crippen molar-refractivity contribution in [1.29, 1.82) is 0 Å². The van der Waals surface area contributed by atoms with E-state index in [0.717, 1.165) is 42.7 Å². The lowest BCUT2D eigenvalue weighted by Gasteiger charge is -2.10. The predicted molar refractivity (Wildman–Crippen MR) is 167 cm³/mol. The molecule has 0 atom stereocenters. The molecule has 0 saturated heterocycles. The molecule has 0 aliphatic heterocycles. The molecular weight excluding hydrogens is 555 g/mol. The number of thiazole rings is 1. The van der Waals surface area contributed by atoms with E-state index in [1.165, 1.54) is 7.11 Å². The summed E-state index contributed by atoms with van der Waals surface area (Å²) in [6, 6.07) is 24.4. The zero-order chi connectivity index (χ0) is 28.9. The van der Waals surface area contributed by atoms with Crippen LogP contribution in [0.5, 0.6) is 11.5 Å². The number of aryl methyl sites for hydroxylation is 2. The van der Waals surface area contributed by atoms with Crippen LogP contribution in [-0.2, 0) is 5.75 Å². The van der Waals surface area contributed by atoms with Gasteiger partial charge < -0.3 is 20.1 Å². The van der Waals surface area contributed by atoms with E-state index < -0.39 is 0 Å². The van der Waals surface area contributed by atoms with Crippen LogP contribution in [-0.4, -0.2) is 31.0 Å². The number of carbonyl (C=O) groups excluding carboxylic acids is 2. The van der Waals surface area contributed by atoms with Crippen molar-refractivity contribution in [1.82, 2.24) is 4.98 Å². The van der Waals surface area contributed by atoms with E-state index in [-0.39, 0.29) is 11.8 Å². The topological polar surface area (TPSA) is 89.5 Å². The van der Waals surface area contributed by atoms with Gasteiger partial charge in [-0.25, -0.2) is 4.98 Å². The first-order chi connectivity index (χ1) is 19.8. The van der Waals surface area contributed by atoms with Gasteiger partial charge in [-0.3, -0.25) is 9.59 Å². The van der Waals surface area contributed by atoms with E-state index in [0.29, 0.717) is 28.3 Å². The van der Waals surface area contributed by atoms with Crippen LogP contribution < -0.4 is 20.1 Å². The average Bonchev–Trinajstić information content (AvgIpc) is 3.37. The molecule has 5 rings (SSSR count). The molecule has 0 aliphatic rings. The van der Waals surface area contributed by atoms with Crippen molar-refractivity contribution in [3.63, 3.8) is 0 Å². The number of nitrogens with zero attached hydrogens (tertiary/aromatic N) is 1. The Balaban J connectivity index is 1.20. The number of aromatic nitrogens is 1. The highest BCUT2D eigenvalue weighted by Gasteiger charge is 2.13. The van der Waals surface area contributed by atoms with Gasteiger partial charge in [-0.1, -0.05) is 30.0 Å². The smallest absolute Gasteiger partial charge is 0.255 e. The van der Waals surface area contributed by atoms with Gasteiger partial charge in [-0.05, 0) is 91.2 Å². The first-order valence-corrected chi connectivity index (χ1v) is 14.7. The van der Waals surface area contributed by atoms with Crippen LogP contribution in [0.4, 0.5) is 11.4 Å². The standard InChI is InChI=1S/C32H29N3O4S2/c1-19-13-20(2)15-25(14-19)34-30(36)22-7-5-21(6-8-22)18-40-32-35-26-11-10-24(17-29(26)41-32)33-31(37)23-9-12-27(38-3)28(16-23)39-4/h5-17H,18H2,1-4H3,(H,33,37)(H,34,36). The lowest BCUT2D eigenvalue weighted by molar-refractivity contribution is 0.101. The Morgan fingerprint density at radius 3 is 2.12 bits per heavy atom. The van der Waals surface area contributed by atoms with E-state index in [4.69, 9.17) is 14.5 Å². The summed E-state index contributed by atoms with van der Waals surface area (Å²) in [4.78, 5) is 30.2. The first kappa shape index (κ1) is 28.2. The van der Waals surface area contributed by atoms with E-state index in [1.807, 2.05) is 68.4 Å². The van der Waals surface area contributed by atoms with Gasteiger partial charge in [-0.15, -0.1) is 11.3 Å². The number of methoxy groups -OCH3 is 2. The van der Waals surface area contributed by atoms with Crippen molar-refractivity contribution in [2.75, 3.05) is 24.9 Å². The molecule has 4 aromatic carbocycles. The SMILES string of the molecule is COc1ccc(C(=O)Nc2ccc3nc(SCc4ccc(C(=O)Nc5cc(C)cc(C)c5)cc4)sc3c2)cc1OC. The van der Waals surface area contributed by atoms with Gasteiger partial charge >= 0.3 is 0 Å². The predicted octanol–water partition coefficient (Wildman–Crippen LogP) is 7.73. The number of rotatable bonds is 9. The minimum Gasteiger partial charge on any atom is -0.493 e. The molecule has 7 nitrogen and oxygen atoms in total. The average molecular weight is 584 g/mol. The van der Waals surface area contributed by atoms with Gasteiger partial charge in [0.25, 0.3) is 11.8 Å². The Kier molecular flexibility index (Phi) is 8.56. The van der Waals surface area contributed by atoms with Gasteiger partial charge in [0.1, 0.15) is 0 Å². The molecule has 41 heavy (non-hydrogen) atoms. The van der Waals surface area contributed by atoms with E-state index in [2.05, 4.69) is 16.7 Å². The van der Waals surface area contributed by atoms with Crippen LogP contribution in [0.2, 0.25) is 0 Å². The van der Waals surface area contributed by atoms with Crippen LogP contribution in [0.3, 0.4) is 0 Å². The number of hydrogen-bond acceptors (Lipinski definition) is 7. The summed E-state index contributed by atoms with van der Waals surface area (Å²) >= 11 is 3.21. The summed E-state index contributed by atoms with van der Waals surface area (Å²) in [6.07, 6.45) is 0. The summed E-state index contributed by atoms with van der Waals surface area (Å²) in [5.74, 6) is 1.41. The quantitative estimate of drug-likeness (QED) is 0.173. The lowest BCUT2D eigenvalue weighted by Crippen LogP contribution is -2.12. The molecule has 2 N–H and O–H groups in total. The van der Waals surface area contributed by atoms with Crippen molar-refractivity contribution in [2.24, 2.45) is 0 Å². The fourth-order valence-electron chi connectivity index (χ4n) is 4.37. The molecule has 0 spiro atoms. The molecule has 0 radical (unpaired) electrons. The third kappa shape index (κ3) is 6.87. The number of carbonyl (C=O) groups is 2. The molecule has 5 aromatic rings. The zero-order valence-corrected chi connectivity index (χ0v) is 24.7. The zero-order valence-electron chi connectivity index (χ0n) is 23.1. The molecular formula is C32H29N3O4S2. The van der Waals surface area contributed by atoms with Crippen LogP contribution in [0, 0.1) is 13.8 Å². The third-order valence-electron chi connectivity index (χ3n) is 6.33. The Hall–Kier alpha value is -4.34. The monoisotopic (exact) mass is 583 g/mol. The van der Waals surface area contributed by atoms with Crippen LogP contribution in [0.25, 0.3) is 10.2 Å². The van der Waals surface area contributed by atoms with Gasteiger partial charge in [0.05, 0.1) is 24.4 Å². The van der Waals surface area contributed by atoms with Crippen molar-refractivity contribution in [2.45, 2.75) is 23.9 Å². The number of hydrogen-bond donors (Lipinski definition) is 2. The normalized spacial score (nSPS) is 10.8. The highest BCUT2D eigenvalue weighted by atomic mass is 32.2. The fourth-order valence-corrected chi connectivity index (χ4v) is 6.43. The number of anilines is 2. The highest BCUT2D eigenvalue weighted by molar-refractivity contribution is 8.00. The molecule has 2 amide bonds. The van der Waals surface area contributed by atoms with Crippen molar-refractivity contribution < 1.29 is 19.1 Å². The van der Waals surface area contributed by atoms with E-state index in [9.17, 15) is 9.59 Å². The van der Waals surface area contributed by atoms with Gasteiger partial charge in [0.2, 0.25) is 0 Å². The molecule has 0 saturated carbocycles. The third-order valence-corrected chi connectivity index (χ3v) is 8.56. The summed E-state index contributed by atoms with van der Waals surface area (Å²) in [5.41, 5.74) is 6.76. The maximum absolute atomic E-state index is 12.8. The lowest BCUT2D eigenvalue weighted by atomic mass is 10.1. The van der Waals surface area contributed by atoms with Crippen LogP contribution in [0.1, 0.15) is 37.4 Å². The second kappa shape index (κ2) is 12.4. The number of benzene rings is 4. The molecule has 1 heterocycles. The number of thioether (sulfide) groups is 1. The van der Waals surface area contributed by atoms with Gasteiger partial charge in [0, 0.05) is 28.3 Å². The maximum atomic E-state index is 12.8. The minimum absolute atomic E-state index is 0.130. The summed E-state index contributed by atoms with van der Waals surface area (Å²) in [7, 11) is 3.09. The first-order valence-electron chi connectivity index (χ1n) is 12.9. The second-order valence-corrected chi connectivity index (χ2v) is 11.8. The Morgan fingerprint density at radius 1 is 0.756 bits per heavy atom. The largest absolute Gasteiger partial charge is 0.493 e. The molecule has 208 valence electrons. The Morgan fingerprint density at radius 2 is 1.41 bits per heavy atom. The second-order valence-electron chi connectivity index (χ2n) is 9.50. The van der Waals surface area contributed by atoms with Gasteiger partial charge in [0.15, 0.2) is 15.8 Å². The van der Waals surface area contributed by atoms with Crippen molar-refractivity contribution in [3.8, 4) is 11.5 Å². The van der Waals surface area contributed by atoms with E-state index in [1.54, 1.807) is 48.4 Å². The van der Waals surface area contributed by atoms with E-state index >= 15 is 0 Å². The molecule has 9 heteroatoms. The molecule has 0 fully saturated rings. The summed E-state index contributed by atoms with van der Waals surface area (Å²) in [5, 5.41) is 5.92. The minimum atomic E-state index is -0.240. The maximum Gasteiger partial charge on any atom is 0.255 e. The number of ether oxygens (including phenoxy) is 2. The number of fused-ring (bicyclic) bond motifs is 1. The Bertz CT molecular complexity index is 1710. The van der Waals surface area contributed by atoms with Crippen molar-refractivity contribution >= 4 is 56.5 Å². The van der Waals surface area contributed by atoms with Crippen LogP contribution in [0.15, 0.2) is 83.2 Å². The fraction of sp³-hybridized carbons (Fsp3) is 0.156. The molecule has 1 aromatic heterocycles. The molecule has 0 bridgehead atoms. The Labute approximate surface area is 246 Å². The van der Waals surface area contributed by atoms with Gasteiger partial charge in [-0.2, -0.15) is 0 Å². The summed E-state index contributed by atoms with van der Waals surface area (Å²) < 4.78 is 12.5.